The first-order valence-electron chi connectivity index (χ1n) is 9.75. The van der Waals surface area contributed by atoms with Gasteiger partial charge in [-0.3, -0.25) is 14.2 Å². The molecule has 3 aromatic rings. The van der Waals surface area contributed by atoms with Crippen molar-refractivity contribution in [2.45, 2.75) is 25.6 Å². The lowest BCUT2D eigenvalue weighted by Crippen LogP contribution is -2.32. The molecule has 8 nitrogen and oxygen atoms in total. The highest BCUT2D eigenvalue weighted by Crippen LogP contribution is 2.25. The second-order valence-electron chi connectivity index (χ2n) is 7.00. The summed E-state index contributed by atoms with van der Waals surface area (Å²) in [5.74, 6) is -0.222. The van der Waals surface area contributed by atoms with E-state index < -0.39 is 0 Å². The van der Waals surface area contributed by atoms with Crippen molar-refractivity contribution in [3.05, 3.63) is 71.3 Å². The average Bonchev–Trinajstić information content (AvgIpc) is 3.38. The van der Waals surface area contributed by atoms with Crippen molar-refractivity contribution in [2.24, 2.45) is 0 Å². The largest absolute Gasteiger partial charge is 0.383 e. The molecule has 1 aliphatic heterocycles. The van der Waals surface area contributed by atoms with Gasteiger partial charge in [-0.2, -0.15) is 10.2 Å². The van der Waals surface area contributed by atoms with Crippen LogP contribution in [0.15, 0.2) is 48.8 Å². The monoisotopic (exact) mass is 395 g/mol. The minimum absolute atomic E-state index is 0.222. The van der Waals surface area contributed by atoms with E-state index in [0.717, 1.165) is 12.1 Å². The van der Waals surface area contributed by atoms with E-state index in [1.165, 1.54) is 11.1 Å². The number of carbonyl (C=O) groups is 1. The molecule has 1 aliphatic rings. The number of hydrogen-bond acceptors (Lipinski definition) is 5. The Hall–Kier alpha value is -2.97. The molecule has 0 spiro atoms. The van der Waals surface area contributed by atoms with Crippen LogP contribution in [0.3, 0.4) is 0 Å². The molecule has 0 aliphatic carbocycles. The van der Waals surface area contributed by atoms with Gasteiger partial charge in [0.1, 0.15) is 11.8 Å². The molecule has 0 radical (unpaired) electrons. The quantitative estimate of drug-likeness (QED) is 0.629. The van der Waals surface area contributed by atoms with Gasteiger partial charge in [0, 0.05) is 26.0 Å². The van der Waals surface area contributed by atoms with Crippen LogP contribution in [0.4, 0.5) is 0 Å². The molecule has 1 unspecified atom stereocenters. The molecule has 4 rings (SSSR count). The summed E-state index contributed by atoms with van der Waals surface area (Å²) in [7, 11) is 1.64. The lowest BCUT2D eigenvalue weighted by atomic mass is 10.1. The molecule has 0 saturated heterocycles. The number of fused-ring (bicyclic) bond motifs is 1. The first-order valence-corrected chi connectivity index (χ1v) is 9.75. The number of aromatic nitrogens is 4. The Morgan fingerprint density at radius 1 is 1.24 bits per heavy atom. The van der Waals surface area contributed by atoms with Gasteiger partial charge in [-0.1, -0.05) is 30.3 Å². The molecule has 3 heterocycles. The molecule has 0 saturated carbocycles. The van der Waals surface area contributed by atoms with Gasteiger partial charge in [-0.25, -0.2) is 0 Å². The summed E-state index contributed by atoms with van der Waals surface area (Å²) in [5, 5.41) is 11.9. The number of amides is 1. The summed E-state index contributed by atoms with van der Waals surface area (Å²) < 4.78 is 14.5. The molecule has 8 heteroatoms. The van der Waals surface area contributed by atoms with Crippen molar-refractivity contribution >= 4 is 5.91 Å². The third-order valence-corrected chi connectivity index (χ3v) is 4.90. The predicted octanol–water partition coefficient (Wildman–Crippen LogP) is 1.82. The van der Waals surface area contributed by atoms with Crippen LogP contribution in [-0.2, 0) is 29.0 Å². The van der Waals surface area contributed by atoms with Gasteiger partial charge < -0.3 is 14.8 Å². The molecular weight excluding hydrogens is 370 g/mol. The number of methoxy groups -OCH3 is 1. The smallest absolute Gasteiger partial charge is 0.271 e. The Balaban J connectivity index is 1.38. The van der Waals surface area contributed by atoms with Crippen LogP contribution in [0.1, 0.15) is 33.4 Å². The fourth-order valence-corrected chi connectivity index (χ4v) is 3.41. The summed E-state index contributed by atoms with van der Waals surface area (Å²) in [4.78, 5) is 12.4. The molecule has 0 fully saturated rings. The number of rotatable bonds is 8. The van der Waals surface area contributed by atoms with Crippen LogP contribution in [-0.4, -0.2) is 52.3 Å². The third-order valence-electron chi connectivity index (χ3n) is 4.90. The van der Waals surface area contributed by atoms with E-state index in [1.54, 1.807) is 24.1 Å². The first kappa shape index (κ1) is 19.4. The van der Waals surface area contributed by atoms with E-state index >= 15 is 0 Å². The number of carbonyl (C=O) groups excluding carboxylic acids is 1. The number of nitrogens with one attached hydrogen (secondary N) is 1. The number of benzene rings is 1. The third kappa shape index (κ3) is 4.72. The van der Waals surface area contributed by atoms with Gasteiger partial charge in [0.25, 0.3) is 5.91 Å². The topological polar surface area (TPSA) is 83.2 Å². The van der Waals surface area contributed by atoms with E-state index in [2.05, 4.69) is 28.7 Å². The van der Waals surface area contributed by atoms with Crippen LogP contribution < -0.4 is 5.32 Å². The van der Waals surface area contributed by atoms with E-state index in [0.29, 0.717) is 38.5 Å². The van der Waals surface area contributed by atoms with Crippen molar-refractivity contribution in [3.8, 4) is 0 Å². The average molecular weight is 395 g/mol. The summed E-state index contributed by atoms with van der Waals surface area (Å²) in [6, 6.07) is 11.9. The zero-order valence-corrected chi connectivity index (χ0v) is 16.5. The predicted molar refractivity (Wildman–Crippen MR) is 107 cm³/mol. The Labute approximate surface area is 169 Å². The Morgan fingerprint density at radius 3 is 2.93 bits per heavy atom. The van der Waals surface area contributed by atoms with Crippen LogP contribution in [0.5, 0.6) is 0 Å². The summed E-state index contributed by atoms with van der Waals surface area (Å²) in [6.07, 6.45) is 4.43. The van der Waals surface area contributed by atoms with E-state index in [9.17, 15) is 4.79 Å². The summed E-state index contributed by atoms with van der Waals surface area (Å²) >= 11 is 0. The van der Waals surface area contributed by atoms with E-state index in [4.69, 9.17) is 14.6 Å². The standard InChI is InChI=1S/C21H25N5O3/c1-28-12-10-25-9-7-18(23-25)21(27)22-13-19-20-17(8-11-29-19)15-26(24-20)14-16-5-3-2-4-6-16/h2-7,9,15,19H,8,10-14H2,1H3,(H,22,27). The van der Waals surface area contributed by atoms with Gasteiger partial charge >= 0.3 is 0 Å². The normalized spacial score (nSPS) is 15.8. The van der Waals surface area contributed by atoms with Crippen LogP contribution in [0, 0.1) is 0 Å². The number of ether oxygens (including phenoxy) is 2. The number of nitrogens with zero attached hydrogens (tertiary/aromatic N) is 4. The fraction of sp³-hybridized carbons (Fsp3) is 0.381. The highest BCUT2D eigenvalue weighted by atomic mass is 16.5. The van der Waals surface area contributed by atoms with Crippen molar-refractivity contribution in [2.75, 3.05) is 26.9 Å². The maximum atomic E-state index is 12.4. The molecule has 1 amide bonds. The highest BCUT2D eigenvalue weighted by Gasteiger charge is 2.25. The minimum Gasteiger partial charge on any atom is -0.383 e. The Kier molecular flexibility index (Phi) is 6.02. The van der Waals surface area contributed by atoms with Gasteiger partial charge in [-0.05, 0) is 23.6 Å². The molecule has 152 valence electrons. The Bertz CT molecular complexity index is 950. The van der Waals surface area contributed by atoms with Gasteiger partial charge in [0.05, 0.1) is 32.0 Å². The Morgan fingerprint density at radius 2 is 2.10 bits per heavy atom. The summed E-state index contributed by atoms with van der Waals surface area (Å²) in [6.45, 7) is 2.85. The van der Waals surface area contributed by atoms with Crippen LogP contribution in [0.25, 0.3) is 0 Å². The molecule has 1 atom stereocenters. The molecule has 1 N–H and O–H groups in total. The summed E-state index contributed by atoms with van der Waals surface area (Å²) in [5.41, 5.74) is 3.65. The minimum atomic E-state index is -0.254. The molecule has 29 heavy (non-hydrogen) atoms. The van der Waals surface area contributed by atoms with E-state index in [-0.39, 0.29) is 12.0 Å². The van der Waals surface area contributed by atoms with Crippen molar-refractivity contribution < 1.29 is 14.3 Å². The maximum absolute atomic E-state index is 12.4. The lowest BCUT2D eigenvalue weighted by molar-refractivity contribution is 0.0382. The van der Waals surface area contributed by atoms with Gasteiger partial charge in [0.15, 0.2) is 0 Å². The second kappa shape index (κ2) is 9.02. The molecular formula is C21H25N5O3. The second-order valence-corrected chi connectivity index (χ2v) is 7.00. The fourth-order valence-electron chi connectivity index (χ4n) is 3.41. The van der Waals surface area contributed by atoms with Crippen LogP contribution >= 0.6 is 0 Å². The van der Waals surface area contributed by atoms with Crippen molar-refractivity contribution in [1.29, 1.82) is 0 Å². The first-order chi connectivity index (χ1) is 14.2. The zero-order chi connectivity index (χ0) is 20.1. The van der Waals surface area contributed by atoms with Crippen LogP contribution in [0.2, 0.25) is 0 Å². The highest BCUT2D eigenvalue weighted by molar-refractivity contribution is 5.92. The van der Waals surface area contributed by atoms with Gasteiger partial charge in [-0.15, -0.1) is 0 Å². The lowest BCUT2D eigenvalue weighted by Gasteiger charge is -2.22. The van der Waals surface area contributed by atoms with Crippen molar-refractivity contribution in [3.63, 3.8) is 0 Å². The maximum Gasteiger partial charge on any atom is 0.271 e. The SMILES string of the molecule is COCCn1ccc(C(=O)NCC2OCCc3cn(Cc4ccccc4)nc32)n1. The molecule has 1 aromatic carbocycles. The molecule has 2 aromatic heterocycles. The van der Waals surface area contributed by atoms with Crippen molar-refractivity contribution in [1.82, 2.24) is 24.9 Å². The molecule has 0 bridgehead atoms. The number of hydrogen-bond donors (Lipinski definition) is 1. The van der Waals surface area contributed by atoms with E-state index in [1.807, 2.05) is 22.9 Å². The van der Waals surface area contributed by atoms with Gasteiger partial charge in [0.2, 0.25) is 0 Å². The zero-order valence-electron chi connectivity index (χ0n) is 16.5.